The Kier molecular flexibility index (Phi) is 7.75. The van der Waals surface area contributed by atoms with Crippen molar-refractivity contribution in [3.05, 3.63) is 218 Å². The van der Waals surface area contributed by atoms with Gasteiger partial charge in [0.15, 0.2) is 0 Å². The smallest absolute Gasteiger partial charge is 0.0561 e. The van der Waals surface area contributed by atoms with Crippen LogP contribution in [0.25, 0.3) is 91.5 Å². The first-order valence-electron chi connectivity index (χ1n) is 20.2. The molecule has 0 saturated carbocycles. The van der Waals surface area contributed by atoms with E-state index in [4.69, 9.17) is 0 Å². The Morgan fingerprint density at radius 3 is 1.83 bits per heavy atom. The summed E-state index contributed by atoms with van der Waals surface area (Å²) in [6.45, 7) is 0. The molecule has 0 atom stereocenters. The Hall–Kier alpha value is -7.46. The van der Waals surface area contributed by atoms with Crippen LogP contribution in [0.15, 0.2) is 218 Å². The predicted molar refractivity (Wildman–Crippen MR) is 254 cm³/mol. The maximum atomic E-state index is 2.42. The maximum absolute atomic E-state index is 2.42. The Balaban J connectivity index is 1.06. The fourth-order valence-electron chi connectivity index (χ4n) is 9.21. The van der Waals surface area contributed by atoms with E-state index in [1.807, 2.05) is 11.3 Å². The average Bonchev–Trinajstić information content (AvgIpc) is 3.85. The highest BCUT2D eigenvalue weighted by Crippen LogP contribution is 2.45. The topological polar surface area (TPSA) is 8.17 Å². The van der Waals surface area contributed by atoms with Crippen LogP contribution < -0.4 is 4.90 Å². The Bertz CT molecular complexity index is 3540. The quantitative estimate of drug-likeness (QED) is 0.153. The second-order valence-electron chi connectivity index (χ2n) is 15.3. The first-order valence-corrected chi connectivity index (χ1v) is 21.0. The SMILES string of the molecule is c1ccc(-c2ccc(N(c3ccc4sc5cccc(-c6ccc7c(ccc8ccccc87)c6)c5c4c3)c3ccc4c5ccccc5n(-c5ccccc5)c4c3)cc2)cc1. The number of hydrogen-bond donors (Lipinski definition) is 0. The number of para-hydroxylation sites is 2. The number of hydrogen-bond acceptors (Lipinski definition) is 2. The summed E-state index contributed by atoms with van der Waals surface area (Å²) in [5.41, 5.74) is 11.7. The summed E-state index contributed by atoms with van der Waals surface area (Å²) in [5, 5.41) is 10.2. The highest BCUT2D eigenvalue weighted by atomic mass is 32.1. The molecule has 0 fully saturated rings. The van der Waals surface area contributed by atoms with Crippen molar-refractivity contribution in [1.82, 2.24) is 4.57 Å². The van der Waals surface area contributed by atoms with Gasteiger partial charge in [-0.05, 0) is 117 Å². The van der Waals surface area contributed by atoms with Crippen LogP contribution in [0.4, 0.5) is 17.1 Å². The molecule has 0 aliphatic carbocycles. The molecule has 2 nitrogen and oxygen atoms in total. The molecule has 0 unspecified atom stereocenters. The zero-order valence-electron chi connectivity index (χ0n) is 32.1. The van der Waals surface area contributed by atoms with E-state index >= 15 is 0 Å². The van der Waals surface area contributed by atoms with E-state index in [-0.39, 0.29) is 0 Å². The number of nitrogens with zero attached hydrogens (tertiary/aromatic N) is 2. The molecule has 2 aromatic heterocycles. The van der Waals surface area contributed by atoms with Crippen molar-refractivity contribution in [2.45, 2.75) is 0 Å². The molecule has 276 valence electrons. The number of anilines is 3. The van der Waals surface area contributed by atoms with Gasteiger partial charge < -0.3 is 9.47 Å². The third-order valence-electron chi connectivity index (χ3n) is 12.0. The van der Waals surface area contributed by atoms with Crippen LogP contribution >= 0.6 is 11.3 Å². The normalized spacial score (nSPS) is 11.7. The van der Waals surface area contributed by atoms with Gasteiger partial charge in [-0.15, -0.1) is 11.3 Å². The molecule has 0 saturated heterocycles. The lowest BCUT2D eigenvalue weighted by Crippen LogP contribution is -2.10. The van der Waals surface area contributed by atoms with Crippen LogP contribution in [0.3, 0.4) is 0 Å². The molecule has 0 spiro atoms. The van der Waals surface area contributed by atoms with E-state index < -0.39 is 0 Å². The summed E-state index contributed by atoms with van der Waals surface area (Å²) in [6.07, 6.45) is 0. The molecular weight excluding hydrogens is 733 g/mol. The fourth-order valence-corrected chi connectivity index (χ4v) is 10.3. The van der Waals surface area contributed by atoms with E-state index in [0.717, 1.165) is 22.7 Å². The number of thiophene rings is 1. The van der Waals surface area contributed by atoms with Crippen molar-refractivity contribution in [3.8, 4) is 27.9 Å². The zero-order valence-corrected chi connectivity index (χ0v) is 32.9. The first-order chi connectivity index (χ1) is 29.2. The molecule has 0 N–H and O–H groups in total. The summed E-state index contributed by atoms with van der Waals surface area (Å²) in [5.74, 6) is 0. The van der Waals surface area contributed by atoms with Crippen molar-refractivity contribution >= 4 is 91.9 Å². The van der Waals surface area contributed by atoms with E-state index in [9.17, 15) is 0 Å². The van der Waals surface area contributed by atoms with Crippen LogP contribution in [0.2, 0.25) is 0 Å². The summed E-state index contributed by atoms with van der Waals surface area (Å²) in [7, 11) is 0. The molecule has 2 heterocycles. The van der Waals surface area contributed by atoms with E-state index in [1.165, 1.54) is 85.8 Å². The minimum absolute atomic E-state index is 1.10. The lowest BCUT2D eigenvalue weighted by Gasteiger charge is -2.26. The minimum Gasteiger partial charge on any atom is -0.310 e. The van der Waals surface area contributed by atoms with Gasteiger partial charge in [0.25, 0.3) is 0 Å². The third-order valence-corrected chi connectivity index (χ3v) is 13.1. The molecule has 0 radical (unpaired) electrons. The molecule has 0 amide bonds. The second kappa shape index (κ2) is 13.6. The standard InChI is InChI=1S/C56H36N2S/c1-3-12-37(13-4-1)38-24-27-43(28-25-38)57(45-29-32-50-49-18-9-10-20-52(49)58(53(50)36-45)42-15-5-2-6-16-42)44-30-33-54-51(35-44)56-48(19-11-21-55(56)59-54)41-26-31-47-40(34-41)23-22-39-14-7-8-17-46(39)47/h1-36H. The Labute approximate surface area is 346 Å². The van der Waals surface area contributed by atoms with Gasteiger partial charge in [0.1, 0.15) is 0 Å². The Morgan fingerprint density at radius 1 is 0.339 bits per heavy atom. The van der Waals surface area contributed by atoms with Gasteiger partial charge >= 0.3 is 0 Å². The summed E-state index contributed by atoms with van der Waals surface area (Å²) in [6, 6.07) is 80.0. The number of rotatable bonds is 6. The van der Waals surface area contributed by atoms with E-state index in [2.05, 4.69) is 228 Å². The van der Waals surface area contributed by atoms with E-state index in [0.29, 0.717) is 0 Å². The number of benzene rings is 10. The Morgan fingerprint density at radius 2 is 0.966 bits per heavy atom. The number of fused-ring (bicyclic) bond motifs is 9. The lowest BCUT2D eigenvalue weighted by molar-refractivity contribution is 1.18. The third kappa shape index (κ3) is 5.55. The zero-order chi connectivity index (χ0) is 38.9. The molecular formula is C56H36N2S. The summed E-state index contributed by atoms with van der Waals surface area (Å²) >= 11 is 1.87. The molecule has 0 bridgehead atoms. The van der Waals surface area contributed by atoms with Gasteiger partial charge in [-0.3, -0.25) is 0 Å². The molecule has 12 aromatic rings. The first kappa shape index (κ1) is 33.7. The highest BCUT2D eigenvalue weighted by Gasteiger charge is 2.20. The lowest BCUT2D eigenvalue weighted by atomic mass is 9.95. The van der Waals surface area contributed by atoms with Gasteiger partial charge in [-0.1, -0.05) is 146 Å². The molecule has 59 heavy (non-hydrogen) atoms. The van der Waals surface area contributed by atoms with Gasteiger partial charge in [0, 0.05) is 53.7 Å². The average molecular weight is 769 g/mol. The second-order valence-corrected chi connectivity index (χ2v) is 16.4. The summed E-state index contributed by atoms with van der Waals surface area (Å²) in [4.78, 5) is 2.42. The molecule has 3 heteroatoms. The van der Waals surface area contributed by atoms with Crippen LogP contribution in [-0.2, 0) is 0 Å². The maximum Gasteiger partial charge on any atom is 0.0561 e. The largest absolute Gasteiger partial charge is 0.310 e. The van der Waals surface area contributed by atoms with Crippen molar-refractivity contribution in [3.63, 3.8) is 0 Å². The monoisotopic (exact) mass is 768 g/mol. The van der Waals surface area contributed by atoms with Crippen molar-refractivity contribution in [1.29, 1.82) is 0 Å². The molecule has 12 rings (SSSR count). The van der Waals surface area contributed by atoms with Crippen LogP contribution in [0.1, 0.15) is 0 Å². The van der Waals surface area contributed by atoms with Crippen molar-refractivity contribution in [2.24, 2.45) is 0 Å². The van der Waals surface area contributed by atoms with Crippen LogP contribution in [0, 0.1) is 0 Å². The molecule has 10 aromatic carbocycles. The predicted octanol–water partition coefficient (Wildman–Crippen LogP) is 16.3. The minimum atomic E-state index is 1.10. The number of aromatic nitrogens is 1. The molecule has 0 aliphatic heterocycles. The molecule has 0 aliphatic rings. The van der Waals surface area contributed by atoms with Crippen LogP contribution in [-0.4, -0.2) is 4.57 Å². The highest BCUT2D eigenvalue weighted by molar-refractivity contribution is 7.26. The van der Waals surface area contributed by atoms with Gasteiger partial charge in [-0.25, -0.2) is 0 Å². The van der Waals surface area contributed by atoms with Gasteiger partial charge in [0.2, 0.25) is 0 Å². The van der Waals surface area contributed by atoms with Crippen molar-refractivity contribution < 1.29 is 0 Å². The van der Waals surface area contributed by atoms with Crippen molar-refractivity contribution in [2.75, 3.05) is 4.90 Å². The van der Waals surface area contributed by atoms with E-state index in [1.54, 1.807) is 0 Å². The van der Waals surface area contributed by atoms with Gasteiger partial charge in [0.05, 0.1) is 11.0 Å². The van der Waals surface area contributed by atoms with Gasteiger partial charge in [-0.2, -0.15) is 0 Å². The fraction of sp³-hybridized carbons (Fsp3) is 0. The van der Waals surface area contributed by atoms with Crippen LogP contribution in [0.5, 0.6) is 0 Å². The summed E-state index contributed by atoms with van der Waals surface area (Å²) < 4.78 is 4.97.